The highest BCUT2D eigenvalue weighted by molar-refractivity contribution is 7.98. The van der Waals surface area contributed by atoms with E-state index in [4.69, 9.17) is 9.47 Å². The second-order valence-corrected chi connectivity index (χ2v) is 8.28. The lowest BCUT2D eigenvalue weighted by molar-refractivity contribution is -0.116. The van der Waals surface area contributed by atoms with Gasteiger partial charge in [0, 0.05) is 61.4 Å². The lowest BCUT2D eigenvalue weighted by Gasteiger charge is -2.32. The molecule has 8 heteroatoms. The molecule has 2 heterocycles. The quantitative estimate of drug-likeness (QED) is 0.478. The first-order chi connectivity index (χ1) is 14.6. The Morgan fingerprint density at radius 2 is 1.90 bits per heavy atom. The molecule has 0 saturated carbocycles. The van der Waals surface area contributed by atoms with Crippen molar-refractivity contribution < 1.29 is 14.3 Å². The van der Waals surface area contributed by atoms with Crippen LogP contribution in [-0.2, 0) is 11.3 Å². The average molecular weight is 431 g/mol. The van der Waals surface area contributed by atoms with Gasteiger partial charge in [-0.2, -0.15) is 0 Å². The summed E-state index contributed by atoms with van der Waals surface area (Å²) >= 11 is 1.55. The molecule has 30 heavy (non-hydrogen) atoms. The summed E-state index contributed by atoms with van der Waals surface area (Å²) in [6, 6.07) is 5.38. The standard InChI is InChI=1S/C22H30N4O3S/c1-28-19-9-18(10-20(11-19)29-2)25-21(27)7-6-16-5-4-8-26(14-16)15-17-12-23-22(30-3)24-13-17/h9-13,16H,4-8,14-15H2,1-3H3,(H,25,27)/t16-/m1/s1. The molecule has 0 spiro atoms. The zero-order valence-corrected chi connectivity index (χ0v) is 18.7. The summed E-state index contributed by atoms with van der Waals surface area (Å²) in [7, 11) is 3.19. The van der Waals surface area contributed by atoms with Gasteiger partial charge in [0.05, 0.1) is 14.2 Å². The molecule has 0 radical (unpaired) electrons. The zero-order valence-electron chi connectivity index (χ0n) is 17.9. The Balaban J connectivity index is 1.47. The average Bonchev–Trinajstić information content (AvgIpc) is 2.78. The van der Waals surface area contributed by atoms with Crippen LogP contribution in [0.4, 0.5) is 5.69 Å². The van der Waals surface area contributed by atoms with Gasteiger partial charge in [-0.25, -0.2) is 9.97 Å². The highest BCUT2D eigenvalue weighted by Gasteiger charge is 2.21. The minimum atomic E-state index is 0.0171. The van der Waals surface area contributed by atoms with Crippen LogP contribution in [0, 0.1) is 5.92 Å². The van der Waals surface area contributed by atoms with Crippen LogP contribution in [0.5, 0.6) is 11.5 Å². The van der Waals surface area contributed by atoms with Crippen molar-refractivity contribution in [1.82, 2.24) is 14.9 Å². The van der Waals surface area contributed by atoms with Crippen LogP contribution in [0.1, 0.15) is 31.2 Å². The van der Waals surface area contributed by atoms with Crippen molar-refractivity contribution in [2.24, 2.45) is 5.92 Å². The van der Waals surface area contributed by atoms with Gasteiger partial charge in [-0.3, -0.25) is 9.69 Å². The van der Waals surface area contributed by atoms with Gasteiger partial charge in [0.1, 0.15) is 11.5 Å². The first kappa shape index (κ1) is 22.4. The van der Waals surface area contributed by atoms with Crippen LogP contribution in [0.2, 0.25) is 0 Å². The van der Waals surface area contributed by atoms with Gasteiger partial charge >= 0.3 is 0 Å². The molecule has 1 saturated heterocycles. The number of anilines is 1. The van der Waals surface area contributed by atoms with Crippen molar-refractivity contribution >= 4 is 23.4 Å². The third-order valence-electron chi connectivity index (χ3n) is 5.29. The first-order valence-corrected chi connectivity index (χ1v) is 11.4. The summed E-state index contributed by atoms with van der Waals surface area (Å²) in [5, 5.41) is 3.76. The Morgan fingerprint density at radius 1 is 1.20 bits per heavy atom. The third kappa shape index (κ3) is 6.60. The van der Waals surface area contributed by atoms with Crippen molar-refractivity contribution in [3.8, 4) is 11.5 Å². The van der Waals surface area contributed by atoms with E-state index in [0.717, 1.165) is 43.2 Å². The van der Waals surface area contributed by atoms with E-state index < -0.39 is 0 Å². The van der Waals surface area contributed by atoms with Gasteiger partial charge in [-0.1, -0.05) is 11.8 Å². The predicted octanol–water partition coefficient (Wildman–Crippen LogP) is 3.85. The number of amides is 1. The Hall–Kier alpha value is -2.32. The molecule has 3 rings (SSSR count). The molecular formula is C22H30N4O3S. The van der Waals surface area contributed by atoms with Crippen LogP contribution in [0.3, 0.4) is 0 Å². The SMILES string of the molecule is COc1cc(NC(=O)CC[C@H]2CCCN(Cc3cnc(SC)nc3)C2)cc(OC)c1. The molecule has 1 atom stereocenters. The summed E-state index contributed by atoms with van der Waals surface area (Å²) in [6.07, 6.45) is 9.51. The molecule has 1 amide bonds. The van der Waals surface area contributed by atoms with Gasteiger partial charge in [0.25, 0.3) is 0 Å². The van der Waals surface area contributed by atoms with E-state index in [0.29, 0.717) is 29.5 Å². The molecule has 2 aromatic rings. The number of carbonyl (C=O) groups excluding carboxylic acids is 1. The molecular weight excluding hydrogens is 400 g/mol. The Labute approximate surface area is 182 Å². The predicted molar refractivity (Wildman–Crippen MR) is 119 cm³/mol. The maximum absolute atomic E-state index is 12.5. The number of carbonyl (C=O) groups is 1. The number of nitrogens with zero attached hydrogens (tertiary/aromatic N) is 3. The molecule has 162 valence electrons. The number of rotatable bonds is 9. The van der Waals surface area contributed by atoms with E-state index in [-0.39, 0.29) is 5.91 Å². The number of hydrogen-bond donors (Lipinski definition) is 1. The highest BCUT2D eigenvalue weighted by Crippen LogP contribution is 2.27. The monoisotopic (exact) mass is 430 g/mol. The van der Waals surface area contributed by atoms with E-state index in [9.17, 15) is 4.79 Å². The summed E-state index contributed by atoms with van der Waals surface area (Å²) in [6.45, 7) is 2.95. The lowest BCUT2D eigenvalue weighted by atomic mass is 9.93. The van der Waals surface area contributed by atoms with Crippen LogP contribution in [0.15, 0.2) is 35.7 Å². The number of likely N-dealkylation sites (tertiary alicyclic amines) is 1. The molecule has 1 N–H and O–H groups in total. The number of nitrogens with one attached hydrogen (secondary N) is 1. The number of hydrogen-bond acceptors (Lipinski definition) is 7. The smallest absolute Gasteiger partial charge is 0.224 e. The largest absolute Gasteiger partial charge is 0.497 e. The van der Waals surface area contributed by atoms with Crippen LogP contribution >= 0.6 is 11.8 Å². The van der Waals surface area contributed by atoms with Crippen molar-refractivity contribution in [2.75, 3.05) is 38.9 Å². The van der Waals surface area contributed by atoms with Crippen LogP contribution in [0.25, 0.3) is 0 Å². The van der Waals surface area contributed by atoms with Gasteiger partial charge in [0.2, 0.25) is 5.91 Å². The number of thioether (sulfide) groups is 1. The van der Waals surface area contributed by atoms with E-state index in [1.165, 1.54) is 6.42 Å². The fourth-order valence-corrected chi connectivity index (χ4v) is 4.07. The molecule has 0 aliphatic carbocycles. The number of piperidine rings is 1. The molecule has 1 fully saturated rings. The Morgan fingerprint density at radius 3 is 2.53 bits per heavy atom. The van der Waals surface area contributed by atoms with Gasteiger partial charge in [0.15, 0.2) is 5.16 Å². The first-order valence-electron chi connectivity index (χ1n) is 10.2. The third-order valence-corrected chi connectivity index (χ3v) is 5.86. The minimum Gasteiger partial charge on any atom is -0.497 e. The number of ether oxygens (including phenoxy) is 2. The van der Waals surface area contributed by atoms with Gasteiger partial charge in [-0.05, 0) is 38.0 Å². The molecule has 0 unspecified atom stereocenters. The van der Waals surface area contributed by atoms with Crippen molar-refractivity contribution in [2.45, 2.75) is 37.4 Å². The topological polar surface area (TPSA) is 76.6 Å². The van der Waals surface area contributed by atoms with Crippen molar-refractivity contribution in [1.29, 1.82) is 0 Å². The van der Waals surface area contributed by atoms with E-state index >= 15 is 0 Å². The second kappa shape index (κ2) is 11.2. The van der Waals surface area contributed by atoms with Gasteiger partial charge in [-0.15, -0.1) is 0 Å². The fourth-order valence-electron chi connectivity index (χ4n) is 3.76. The maximum atomic E-state index is 12.5. The summed E-state index contributed by atoms with van der Waals surface area (Å²) in [5.74, 6) is 1.85. The summed E-state index contributed by atoms with van der Waals surface area (Å²) < 4.78 is 10.5. The Bertz CT molecular complexity index is 809. The molecule has 0 bridgehead atoms. The molecule has 1 aliphatic rings. The number of methoxy groups -OCH3 is 2. The summed E-state index contributed by atoms with van der Waals surface area (Å²) in [5.41, 5.74) is 1.83. The zero-order chi connectivity index (χ0) is 21.3. The summed E-state index contributed by atoms with van der Waals surface area (Å²) in [4.78, 5) is 23.6. The lowest BCUT2D eigenvalue weighted by Crippen LogP contribution is -2.35. The number of benzene rings is 1. The Kier molecular flexibility index (Phi) is 8.33. The van der Waals surface area contributed by atoms with E-state index in [2.05, 4.69) is 20.2 Å². The molecule has 7 nitrogen and oxygen atoms in total. The maximum Gasteiger partial charge on any atom is 0.224 e. The highest BCUT2D eigenvalue weighted by atomic mass is 32.2. The van der Waals surface area contributed by atoms with Crippen molar-refractivity contribution in [3.63, 3.8) is 0 Å². The number of aromatic nitrogens is 2. The normalized spacial score (nSPS) is 16.8. The fraction of sp³-hybridized carbons (Fsp3) is 0.500. The minimum absolute atomic E-state index is 0.0171. The van der Waals surface area contributed by atoms with E-state index in [1.807, 2.05) is 18.6 Å². The molecule has 1 aromatic heterocycles. The molecule has 1 aliphatic heterocycles. The van der Waals surface area contributed by atoms with Crippen LogP contribution in [-0.4, -0.2) is 54.3 Å². The molecule has 1 aromatic carbocycles. The van der Waals surface area contributed by atoms with Crippen molar-refractivity contribution in [3.05, 3.63) is 36.2 Å². The van der Waals surface area contributed by atoms with E-state index in [1.54, 1.807) is 44.2 Å². The second-order valence-electron chi connectivity index (χ2n) is 7.51. The van der Waals surface area contributed by atoms with Crippen LogP contribution < -0.4 is 14.8 Å². The van der Waals surface area contributed by atoms with Gasteiger partial charge < -0.3 is 14.8 Å².